The minimum Gasteiger partial charge on any atom is -0.368 e. The largest absolute Gasteiger partial charge is 0.368 e. The Balaban J connectivity index is 1.66. The summed E-state index contributed by atoms with van der Waals surface area (Å²) in [6.07, 6.45) is 1.45. The fourth-order valence-corrected chi connectivity index (χ4v) is 4.01. The predicted octanol–water partition coefficient (Wildman–Crippen LogP) is 2.77. The third kappa shape index (κ3) is 4.00. The summed E-state index contributed by atoms with van der Waals surface area (Å²) in [5.41, 5.74) is 1.55. The van der Waals surface area contributed by atoms with E-state index in [-0.39, 0.29) is 23.7 Å². The van der Waals surface area contributed by atoms with Crippen LogP contribution in [0.4, 0.5) is 5.69 Å². The number of ether oxygens (including phenoxy) is 1. The van der Waals surface area contributed by atoms with Crippen molar-refractivity contribution in [1.29, 1.82) is 0 Å². The van der Waals surface area contributed by atoms with Crippen LogP contribution in [0.15, 0.2) is 12.1 Å². The van der Waals surface area contributed by atoms with Gasteiger partial charge in [0.15, 0.2) is 0 Å². The molecule has 2 heterocycles. The molecule has 3 rings (SSSR count). The molecule has 7 nitrogen and oxygen atoms in total. The molecule has 1 aromatic rings. The summed E-state index contributed by atoms with van der Waals surface area (Å²) in [7, 11) is 0. The van der Waals surface area contributed by atoms with Crippen molar-refractivity contribution >= 4 is 23.2 Å². The van der Waals surface area contributed by atoms with Crippen LogP contribution in [0.5, 0.6) is 0 Å². The molecule has 0 radical (unpaired) electrons. The Labute approximate surface area is 158 Å². The zero-order chi connectivity index (χ0) is 18.8. The number of carbonyl (C=O) groups is 1. The second kappa shape index (κ2) is 7.90. The van der Waals surface area contributed by atoms with Gasteiger partial charge in [0.2, 0.25) is 0 Å². The van der Waals surface area contributed by atoms with Crippen LogP contribution in [0, 0.1) is 17.0 Å². The molecule has 0 spiro atoms. The van der Waals surface area contributed by atoms with Crippen LogP contribution in [-0.4, -0.2) is 59.0 Å². The summed E-state index contributed by atoms with van der Waals surface area (Å²) in [5.74, 6) is 0.0872. The molecule has 2 fully saturated rings. The smallest absolute Gasteiger partial charge is 0.274 e. The first-order valence-electron chi connectivity index (χ1n) is 8.94. The van der Waals surface area contributed by atoms with Crippen LogP contribution in [-0.2, 0) is 16.1 Å². The second-order valence-corrected chi connectivity index (χ2v) is 7.52. The van der Waals surface area contributed by atoms with Crippen LogP contribution in [0.1, 0.15) is 30.9 Å². The summed E-state index contributed by atoms with van der Waals surface area (Å²) in [6, 6.07) is 3.26. The number of nitro benzene ring substituents is 1. The molecule has 2 aliphatic rings. The molecule has 1 aromatic carbocycles. The van der Waals surface area contributed by atoms with Gasteiger partial charge in [-0.2, -0.15) is 0 Å². The summed E-state index contributed by atoms with van der Waals surface area (Å²) >= 11 is 6.06. The molecule has 2 atom stereocenters. The molecular formula is C18H24ClN3O4. The summed E-state index contributed by atoms with van der Waals surface area (Å²) in [5, 5.41) is 11.6. The molecule has 8 heteroatoms. The molecule has 142 valence electrons. The minimum absolute atomic E-state index is 0.0488. The Bertz CT molecular complexity index is 706. The van der Waals surface area contributed by atoms with E-state index in [1.165, 1.54) is 6.07 Å². The quantitative estimate of drug-likeness (QED) is 0.592. The Hall–Kier alpha value is -1.70. The average molecular weight is 382 g/mol. The van der Waals surface area contributed by atoms with Gasteiger partial charge in [0.05, 0.1) is 4.92 Å². The Morgan fingerprint density at radius 1 is 1.42 bits per heavy atom. The highest BCUT2D eigenvalue weighted by atomic mass is 35.5. The number of hydrogen-bond donors (Lipinski definition) is 0. The minimum atomic E-state index is -0.397. The van der Waals surface area contributed by atoms with Gasteiger partial charge in [-0.25, -0.2) is 0 Å². The normalized spacial score (nSPS) is 24.0. The third-order valence-corrected chi connectivity index (χ3v) is 5.46. The van der Waals surface area contributed by atoms with E-state index in [9.17, 15) is 14.9 Å². The highest BCUT2D eigenvalue weighted by molar-refractivity contribution is 6.30. The zero-order valence-corrected chi connectivity index (χ0v) is 15.9. The summed E-state index contributed by atoms with van der Waals surface area (Å²) in [6.45, 7) is 7.12. The zero-order valence-electron chi connectivity index (χ0n) is 15.1. The van der Waals surface area contributed by atoms with Gasteiger partial charge in [-0.3, -0.25) is 19.8 Å². The summed E-state index contributed by atoms with van der Waals surface area (Å²) in [4.78, 5) is 27.5. The van der Waals surface area contributed by atoms with Crippen molar-refractivity contribution in [3.8, 4) is 0 Å². The molecule has 0 N–H and O–H groups in total. The molecular weight excluding hydrogens is 358 g/mol. The van der Waals surface area contributed by atoms with Gasteiger partial charge < -0.3 is 9.64 Å². The first kappa shape index (κ1) is 19.1. The first-order chi connectivity index (χ1) is 12.4. The topological polar surface area (TPSA) is 75.9 Å². The van der Waals surface area contributed by atoms with Gasteiger partial charge in [0.1, 0.15) is 6.10 Å². The molecule has 0 saturated carbocycles. The predicted molar refractivity (Wildman–Crippen MR) is 98.3 cm³/mol. The van der Waals surface area contributed by atoms with Crippen LogP contribution >= 0.6 is 11.6 Å². The highest BCUT2D eigenvalue weighted by Gasteiger charge is 2.34. The average Bonchev–Trinajstić information content (AvgIpc) is 3.11. The molecule has 0 aliphatic carbocycles. The van der Waals surface area contributed by atoms with E-state index in [2.05, 4.69) is 4.90 Å². The number of piperazine rings is 1. The first-order valence-corrected chi connectivity index (χ1v) is 9.32. The molecule has 2 saturated heterocycles. The number of nitro groups is 1. The number of hydrogen-bond acceptors (Lipinski definition) is 5. The summed E-state index contributed by atoms with van der Waals surface area (Å²) < 4.78 is 5.52. The Morgan fingerprint density at radius 3 is 2.81 bits per heavy atom. The number of benzene rings is 1. The lowest BCUT2D eigenvalue weighted by Crippen LogP contribution is -2.55. The van der Waals surface area contributed by atoms with E-state index in [0.717, 1.165) is 31.5 Å². The van der Waals surface area contributed by atoms with Gasteiger partial charge in [0.25, 0.3) is 11.6 Å². The highest BCUT2D eigenvalue weighted by Crippen LogP contribution is 2.28. The van der Waals surface area contributed by atoms with Crippen molar-refractivity contribution < 1.29 is 14.5 Å². The van der Waals surface area contributed by atoms with Crippen molar-refractivity contribution in [2.75, 3.05) is 26.2 Å². The van der Waals surface area contributed by atoms with Gasteiger partial charge in [-0.05, 0) is 38.3 Å². The number of halogens is 1. The van der Waals surface area contributed by atoms with Crippen molar-refractivity contribution in [2.24, 2.45) is 0 Å². The van der Waals surface area contributed by atoms with Crippen molar-refractivity contribution in [3.63, 3.8) is 0 Å². The molecule has 0 bridgehead atoms. The van der Waals surface area contributed by atoms with Crippen molar-refractivity contribution in [2.45, 2.75) is 45.4 Å². The number of rotatable bonds is 4. The van der Waals surface area contributed by atoms with Gasteiger partial charge in [-0.15, -0.1) is 0 Å². The van der Waals surface area contributed by atoms with Gasteiger partial charge in [0, 0.05) is 55.5 Å². The molecule has 26 heavy (non-hydrogen) atoms. The van der Waals surface area contributed by atoms with E-state index < -0.39 is 4.92 Å². The van der Waals surface area contributed by atoms with Crippen LogP contribution in [0.2, 0.25) is 5.02 Å². The van der Waals surface area contributed by atoms with E-state index in [1.54, 1.807) is 13.0 Å². The maximum Gasteiger partial charge on any atom is 0.274 e. The fraction of sp³-hybridized carbons (Fsp3) is 0.611. The second-order valence-electron chi connectivity index (χ2n) is 7.08. The monoisotopic (exact) mass is 381 g/mol. The van der Waals surface area contributed by atoms with E-state index in [1.807, 2.05) is 11.8 Å². The number of carbonyl (C=O) groups excluding carboxylic acids is 1. The van der Waals surface area contributed by atoms with Crippen molar-refractivity contribution in [3.05, 3.63) is 38.4 Å². The number of amides is 1. The fourth-order valence-electron chi connectivity index (χ4n) is 3.78. The standard InChI is InChI=1S/C18H24ClN3O4/c1-12-10-20(5-6-21(12)18(23)17-4-3-7-26-17)11-14-8-15(19)9-16(13(14)2)22(24)25/h8-9,12,17H,3-7,10-11H2,1-2H3. The van der Waals surface area contributed by atoms with Crippen LogP contribution < -0.4 is 0 Å². The lowest BCUT2D eigenvalue weighted by Gasteiger charge is -2.40. The maximum atomic E-state index is 12.6. The molecule has 0 aromatic heterocycles. The van der Waals surface area contributed by atoms with E-state index in [0.29, 0.717) is 30.3 Å². The number of nitrogens with zero attached hydrogens (tertiary/aromatic N) is 3. The van der Waals surface area contributed by atoms with Crippen LogP contribution in [0.3, 0.4) is 0 Å². The van der Waals surface area contributed by atoms with E-state index in [4.69, 9.17) is 16.3 Å². The molecule has 2 aliphatic heterocycles. The van der Waals surface area contributed by atoms with Gasteiger partial charge in [-0.1, -0.05) is 11.6 Å². The van der Waals surface area contributed by atoms with Gasteiger partial charge >= 0.3 is 0 Å². The maximum absolute atomic E-state index is 12.6. The SMILES string of the molecule is Cc1c(CN2CCN(C(=O)C3CCCO3)C(C)C2)cc(Cl)cc1[N+](=O)[O-]. The van der Waals surface area contributed by atoms with E-state index >= 15 is 0 Å². The third-order valence-electron chi connectivity index (χ3n) is 5.24. The van der Waals surface area contributed by atoms with Crippen molar-refractivity contribution in [1.82, 2.24) is 9.80 Å². The molecule has 1 amide bonds. The molecule has 2 unspecified atom stereocenters. The Morgan fingerprint density at radius 2 is 2.19 bits per heavy atom. The lowest BCUT2D eigenvalue weighted by atomic mass is 10.0. The van der Waals surface area contributed by atoms with Crippen LogP contribution in [0.25, 0.3) is 0 Å². The lowest BCUT2D eigenvalue weighted by molar-refractivity contribution is -0.385. The Kier molecular flexibility index (Phi) is 5.79.